The molecule has 1 unspecified atom stereocenters. The molecule has 1 amide bonds. The van der Waals surface area contributed by atoms with Gasteiger partial charge in [-0.1, -0.05) is 24.3 Å². The number of benzene rings is 1. The van der Waals surface area contributed by atoms with E-state index < -0.39 is 0 Å². The van der Waals surface area contributed by atoms with Crippen LogP contribution in [0.2, 0.25) is 0 Å². The Morgan fingerprint density at radius 2 is 2.00 bits per heavy atom. The van der Waals surface area contributed by atoms with E-state index in [9.17, 15) is 9.59 Å². The number of hydrogen-bond acceptors (Lipinski definition) is 3. The van der Waals surface area contributed by atoms with Crippen molar-refractivity contribution in [2.24, 2.45) is 5.73 Å². The number of rotatable bonds is 1. The Morgan fingerprint density at radius 3 is 2.80 bits per heavy atom. The topological polar surface area (TPSA) is 79.2 Å². The minimum Gasteiger partial charge on any atom is -0.326 e. The number of fused-ring (bicyclic) bond motifs is 1. The van der Waals surface area contributed by atoms with Crippen molar-refractivity contribution in [1.29, 1.82) is 0 Å². The van der Waals surface area contributed by atoms with Crippen molar-refractivity contribution in [3.8, 4) is 0 Å². The number of para-hydroxylation sites is 1. The normalized spacial score (nSPS) is 17.6. The van der Waals surface area contributed by atoms with Gasteiger partial charge < -0.3 is 15.6 Å². The summed E-state index contributed by atoms with van der Waals surface area (Å²) in [5.74, 6) is -0.231. The summed E-state index contributed by atoms with van der Waals surface area (Å²) in [4.78, 5) is 28.1. The molecule has 0 radical (unpaired) electrons. The van der Waals surface area contributed by atoms with E-state index in [0.29, 0.717) is 6.54 Å². The van der Waals surface area contributed by atoms with Crippen LogP contribution < -0.4 is 16.2 Å². The summed E-state index contributed by atoms with van der Waals surface area (Å²) in [7, 11) is 0. The maximum atomic E-state index is 12.6. The second kappa shape index (κ2) is 4.94. The maximum absolute atomic E-state index is 12.6. The van der Waals surface area contributed by atoms with Crippen LogP contribution in [0.25, 0.3) is 0 Å². The average molecular weight is 269 g/mol. The van der Waals surface area contributed by atoms with Gasteiger partial charge in [-0.25, -0.2) is 0 Å². The number of amides is 1. The van der Waals surface area contributed by atoms with E-state index in [0.717, 1.165) is 17.7 Å². The van der Waals surface area contributed by atoms with Crippen molar-refractivity contribution < 1.29 is 4.79 Å². The van der Waals surface area contributed by atoms with E-state index in [1.54, 1.807) is 17.0 Å². The largest absolute Gasteiger partial charge is 0.326 e. The summed E-state index contributed by atoms with van der Waals surface area (Å²) in [6.45, 7) is 0.451. The molecule has 0 saturated carbocycles. The van der Waals surface area contributed by atoms with Gasteiger partial charge in [-0.15, -0.1) is 0 Å². The van der Waals surface area contributed by atoms with Crippen LogP contribution in [0, 0.1) is 0 Å². The van der Waals surface area contributed by atoms with Crippen molar-refractivity contribution in [3.63, 3.8) is 0 Å². The molecule has 1 aliphatic heterocycles. The number of anilines is 1. The zero-order valence-electron chi connectivity index (χ0n) is 10.9. The first kappa shape index (κ1) is 12.6. The molecule has 2 aromatic rings. The van der Waals surface area contributed by atoms with Crippen LogP contribution in [0.1, 0.15) is 16.1 Å². The lowest BCUT2D eigenvalue weighted by molar-refractivity contribution is 0.0978. The van der Waals surface area contributed by atoms with Crippen LogP contribution in [0.3, 0.4) is 0 Å². The molecule has 1 aromatic carbocycles. The molecule has 0 bridgehead atoms. The molecule has 20 heavy (non-hydrogen) atoms. The zero-order chi connectivity index (χ0) is 14.1. The average Bonchev–Trinajstić information content (AvgIpc) is 2.45. The van der Waals surface area contributed by atoms with Gasteiger partial charge >= 0.3 is 0 Å². The molecule has 3 rings (SSSR count). The molecule has 0 saturated heterocycles. The third-order valence-corrected chi connectivity index (χ3v) is 3.43. The first-order chi connectivity index (χ1) is 9.65. The van der Waals surface area contributed by atoms with E-state index in [-0.39, 0.29) is 23.2 Å². The summed E-state index contributed by atoms with van der Waals surface area (Å²) < 4.78 is 0. The summed E-state index contributed by atoms with van der Waals surface area (Å²) in [6, 6.07) is 12.2. The summed E-state index contributed by atoms with van der Waals surface area (Å²) >= 11 is 0. The fourth-order valence-corrected chi connectivity index (χ4v) is 2.54. The number of nitrogens with zero attached hydrogens (tertiary/aromatic N) is 1. The zero-order valence-corrected chi connectivity index (χ0v) is 10.9. The Balaban J connectivity index is 2.02. The van der Waals surface area contributed by atoms with Gasteiger partial charge in [-0.3, -0.25) is 9.59 Å². The number of nitrogens with one attached hydrogen (secondary N) is 1. The monoisotopic (exact) mass is 269 g/mol. The molecule has 5 nitrogen and oxygen atoms in total. The Labute approximate surface area is 116 Å². The molecule has 1 aromatic heterocycles. The SMILES string of the molecule is NC1Cc2ccccc2N(C(=O)c2cccc(=O)[nH]2)C1. The maximum Gasteiger partial charge on any atom is 0.274 e. The molecule has 0 spiro atoms. The van der Waals surface area contributed by atoms with Crippen LogP contribution >= 0.6 is 0 Å². The second-order valence-corrected chi connectivity index (χ2v) is 4.94. The standard InChI is InChI=1S/C15H15N3O2/c16-11-8-10-4-1-2-6-13(10)18(9-11)15(20)12-5-3-7-14(19)17-12/h1-7,11H,8-9,16H2,(H,17,19). The highest BCUT2D eigenvalue weighted by molar-refractivity contribution is 6.05. The minimum atomic E-state index is -0.287. The van der Waals surface area contributed by atoms with E-state index in [1.165, 1.54) is 6.07 Å². The fourth-order valence-electron chi connectivity index (χ4n) is 2.54. The molecule has 1 atom stereocenters. The number of carbonyl (C=O) groups is 1. The van der Waals surface area contributed by atoms with Crippen LogP contribution in [0.15, 0.2) is 47.3 Å². The molecule has 0 aliphatic carbocycles. The molecule has 5 heteroatoms. The molecule has 3 N–H and O–H groups in total. The van der Waals surface area contributed by atoms with E-state index in [4.69, 9.17) is 5.73 Å². The van der Waals surface area contributed by atoms with Crippen molar-refractivity contribution in [1.82, 2.24) is 4.98 Å². The van der Waals surface area contributed by atoms with Gasteiger partial charge in [-0.2, -0.15) is 0 Å². The number of hydrogen-bond donors (Lipinski definition) is 2. The first-order valence-electron chi connectivity index (χ1n) is 6.50. The Kier molecular flexibility index (Phi) is 3.12. The van der Waals surface area contributed by atoms with E-state index >= 15 is 0 Å². The third kappa shape index (κ3) is 2.23. The lowest BCUT2D eigenvalue weighted by atomic mass is 9.98. The van der Waals surface area contributed by atoms with E-state index in [2.05, 4.69) is 4.98 Å². The van der Waals surface area contributed by atoms with Crippen LogP contribution in [-0.4, -0.2) is 23.5 Å². The minimum absolute atomic E-state index is 0.0933. The molecule has 0 fully saturated rings. The number of nitrogens with two attached hydrogens (primary N) is 1. The van der Waals surface area contributed by atoms with Gasteiger partial charge in [0.2, 0.25) is 5.56 Å². The summed E-state index contributed by atoms with van der Waals surface area (Å²) in [5, 5.41) is 0. The number of pyridine rings is 1. The number of aromatic amines is 1. The highest BCUT2D eigenvalue weighted by atomic mass is 16.2. The third-order valence-electron chi connectivity index (χ3n) is 3.43. The van der Waals surface area contributed by atoms with Crippen molar-refractivity contribution in [3.05, 3.63) is 64.1 Å². The van der Waals surface area contributed by atoms with Gasteiger partial charge in [0.05, 0.1) is 0 Å². The van der Waals surface area contributed by atoms with Gasteiger partial charge in [0, 0.05) is 24.3 Å². The van der Waals surface area contributed by atoms with Crippen molar-refractivity contribution in [2.75, 3.05) is 11.4 Å². The smallest absolute Gasteiger partial charge is 0.274 e. The Morgan fingerprint density at radius 1 is 1.20 bits per heavy atom. The molecular weight excluding hydrogens is 254 g/mol. The number of carbonyl (C=O) groups excluding carboxylic acids is 1. The highest BCUT2D eigenvalue weighted by Crippen LogP contribution is 2.27. The highest BCUT2D eigenvalue weighted by Gasteiger charge is 2.27. The second-order valence-electron chi connectivity index (χ2n) is 4.94. The predicted octanol–water partition coefficient (Wildman–Crippen LogP) is 0.905. The molecule has 1 aliphatic rings. The number of H-pyrrole nitrogens is 1. The lowest BCUT2D eigenvalue weighted by Gasteiger charge is -2.32. The quantitative estimate of drug-likeness (QED) is 0.807. The van der Waals surface area contributed by atoms with E-state index in [1.807, 2.05) is 24.3 Å². The van der Waals surface area contributed by atoms with Crippen LogP contribution in [0.5, 0.6) is 0 Å². The van der Waals surface area contributed by atoms with Crippen LogP contribution in [0.4, 0.5) is 5.69 Å². The Bertz CT molecular complexity index is 708. The predicted molar refractivity (Wildman–Crippen MR) is 76.9 cm³/mol. The van der Waals surface area contributed by atoms with Gasteiger partial charge in [0.1, 0.15) is 5.69 Å². The molecular formula is C15H15N3O2. The van der Waals surface area contributed by atoms with Gasteiger partial charge in [-0.05, 0) is 24.1 Å². The Hall–Kier alpha value is -2.40. The molecule has 102 valence electrons. The van der Waals surface area contributed by atoms with Crippen LogP contribution in [-0.2, 0) is 6.42 Å². The van der Waals surface area contributed by atoms with Gasteiger partial charge in [0.15, 0.2) is 0 Å². The van der Waals surface area contributed by atoms with Gasteiger partial charge in [0.25, 0.3) is 5.91 Å². The lowest BCUT2D eigenvalue weighted by Crippen LogP contribution is -2.46. The fraction of sp³-hybridized carbons (Fsp3) is 0.200. The summed E-state index contributed by atoms with van der Waals surface area (Å²) in [6.07, 6.45) is 0.755. The van der Waals surface area contributed by atoms with Crippen molar-refractivity contribution >= 4 is 11.6 Å². The molecule has 2 heterocycles. The number of aromatic nitrogens is 1. The summed E-state index contributed by atoms with van der Waals surface area (Å²) in [5.41, 5.74) is 7.93. The van der Waals surface area contributed by atoms with Crippen molar-refractivity contribution in [2.45, 2.75) is 12.5 Å². The first-order valence-corrected chi connectivity index (χ1v) is 6.50.